The van der Waals surface area contributed by atoms with Gasteiger partial charge in [-0.15, -0.1) is 0 Å². The Morgan fingerprint density at radius 2 is 0.578 bits per heavy atom. The predicted octanol–water partition coefficient (Wildman–Crippen LogP) is 14.7. The molecule has 0 bridgehead atoms. The highest BCUT2D eigenvalue weighted by Crippen LogP contribution is 2.15. The number of hydrogen-bond donors (Lipinski definition) is 1. The highest BCUT2D eigenvalue weighted by atomic mass is 16.4. The minimum atomic E-state index is -0.653. The van der Waals surface area contributed by atoms with Crippen molar-refractivity contribution in [2.24, 2.45) is 0 Å². The Morgan fingerprint density at radius 3 is 0.800 bits per heavy atom. The molecular weight excluding hydrogens is 550 g/mol. The molecule has 0 aliphatic rings. The maximum absolute atomic E-state index is 10.3. The SMILES string of the molecule is CCCCCCCCCCCCCCCCCC(=O)O.CCCCCCCCCCCCCCCCCCCCN(CC)CC. The van der Waals surface area contributed by atoms with E-state index in [1.807, 2.05) is 0 Å². The molecular formula is C42H87NO2. The molecule has 1 N–H and O–H groups in total. The van der Waals surface area contributed by atoms with Crippen molar-refractivity contribution < 1.29 is 9.90 Å². The van der Waals surface area contributed by atoms with Gasteiger partial charge < -0.3 is 10.0 Å². The molecule has 3 nitrogen and oxygen atoms in total. The van der Waals surface area contributed by atoms with Crippen LogP contribution in [0.4, 0.5) is 0 Å². The fourth-order valence-corrected chi connectivity index (χ4v) is 6.42. The second kappa shape index (κ2) is 43.4. The van der Waals surface area contributed by atoms with Gasteiger partial charge in [0.2, 0.25) is 0 Å². The third kappa shape index (κ3) is 45.6. The van der Waals surface area contributed by atoms with Gasteiger partial charge in [-0.2, -0.15) is 0 Å². The monoisotopic (exact) mass is 638 g/mol. The number of unbranched alkanes of at least 4 members (excludes halogenated alkanes) is 31. The molecule has 0 radical (unpaired) electrons. The highest BCUT2D eigenvalue weighted by Gasteiger charge is 1.99. The van der Waals surface area contributed by atoms with Crippen LogP contribution in [0.15, 0.2) is 0 Å². The first-order chi connectivity index (χ1) is 22.1. The van der Waals surface area contributed by atoms with Gasteiger partial charge in [-0.05, 0) is 32.5 Å². The molecule has 0 aromatic carbocycles. The molecule has 0 spiro atoms. The quantitative estimate of drug-likeness (QED) is 0.0689. The van der Waals surface area contributed by atoms with Gasteiger partial charge in [0, 0.05) is 6.42 Å². The molecule has 0 aliphatic carbocycles. The number of nitrogens with zero attached hydrogens (tertiary/aromatic N) is 1. The summed E-state index contributed by atoms with van der Waals surface area (Å²) >= 11 is 0. The van der Waals surface area contributed by atoms with E-state index in [4.69, 9.17) is 5.11 Å². The lowest BCUT2D eigenvalue weighted by atomic mass is 10.0. The lowest BCUT2D eigenvalue weighted by molar-refractivity contribution is -0.137. The summed E-state index contributed by atoms with van der Waals surface area (Å²) in [6.45, 7) is 12.9. The summed E-state index contributed by atoms with van der Waals surface area (Å²) in [7, 11) is 0. The van der Waals surface area contributed by atoms with Crippen molar-refractivity contribution in [3.05, 3.63) is 0 Å². The fourth-order valence-electron chi connectivity index (χ4n) is 6.42. The van der Waals surface area contributed by atoms with E-state index in [-0.39, 0.29) is 0 Å². The number of hydrogen-bond acceptors (Lipinski definition) is 2. The largest absolute Gasteiger partial charge is 0.481 e. The molecule has 0 aromatic rings. The first-order valence-corrected chi connectivity index (χ1v) is 21.1. The maximum Gasteiger partial charge on any atom is 0.303 e. The number of rotatable bonds is 37. The first-order valence-electron chi connectivity index (χ1n) is 21.1. The summed E-state index contributed by atoms with van der Waals surface area (Å²) in [5, 5.41) is 8.52. The van der Waals surface area contributed by atoms with E-state index in [2.05, 4.69) is 32.6 Å². The third-order valence-corrected chi connectivity index (χ3v) is 9.72. The van der Waals surface area contributed by atoms with Crippen molar-refractivity contribution in [1.82, 2.24) is 4.90 Å². The number of carboxylic acids is 1. The number of carboxylic acid groups (broad SMARTS) is 1. The van der Waals surface area contributed by atoms with Gasteiger partial charge in [-0.3, -0.25) is 4.79 Å². The van der Waals surface area contributed by atoms with Gasteiger partial charge >= 0.3 is 5.97 Å². The van der Waals surface area contributed by atoms with Crippen molar-refractivity contribution in [2.45, 2.75) is 246 Å². The van der Waals surface area contributed by atoms with Crippen molar-refractivity contribution in [3.63, 3.8) is 0 Å². The van der Waals surface area contributed by atoms with Crippen LogP contribution >= 0.6 is 0 Å². The fraction of sp³-hybridized carbons (Fsp3) is 0.976. The minimum absolute atomic E-state index is 0.345. The Kier molecular flexibility index (Phi) is 44.9. The summed E-state index contributed by atoms with van der Waals surface area (Å²) in [4.78, 5) is 12.9. The first kappa shape index (κ1) is 46.5. The van der Waals surface area contributed by atoms with E-state index in [9.17, 15) is 4.79 Å². The Bertz CT molecular complexity index is 519. The van der Waals surface area contributed by atoms with Crippen LogP contribution in [-0.2, 0) is 4.79 Å². The van der Waals surface area contributed by atoms with E-state index in [0.29, 0.717) is 6.42 Å². The zero-order valence-electron chi connectivity index (χ0n) is 32.0. The van der Waals surface area contributed by atoms with Crippen molar-refractivity contribution >= 4 is 5.97 Å². The Hall–Kier alpha value is -0.570. The van der Waals surface area contributed by atoms with E-state index in [1.165, 1.54) is 219 Å². The minimum Gasteiger partial charge on any atom is -0.481 e. The molecule has 272 valence electrons. The van der Waals surface area contributed by atoms with E-state index in [1.54, 1.807) is 0 Å². The van der Waals surface area contributed by atoms with Crippen LogP contribution in [0.2, 0.25) is 0 Å². The molecule has 45 heavy (non-hydrogen) atoms. The number of carbonyl (C=O) groups is 1. The molecule has 0 heterocycles. The molecule has 3 heteroatoms. The zero-order chi connectivity index (χ0) is 33.3. The molecule has 0 fully saturated rings. The number of aliphatic carboxylic acids is 1. The van der Waals surface area contributed by atoms with Crippen LogP contribution in [0.25, 0.3) is 0 Å². The molecule has 0 saturated heterocycles. The van der Waals surface area contributed by atoms with Crippen LogP contribution in [0.1, 0.15) is 246 Å². The van der Waals surface area contributed by atoms with Gasteiger partial charge in [0.1, 0.15) is 0 Å². The van der Waals surface area contributed by atoms with Gasteiger partial charge in [-0.1, -0.05) is 227 Å². The zero-order valence-corrected chi connectivity index (χ0v) is 32.0. The van der Waals surface area contributed by atoms with Crippen molar-refractivity contribution in [3.8, 4) is 0 Å². The summed E-state index contributed by atoms with van der Waals surface area (Å²) in [6.07, 6.45) is 46.6. The van der Waals surface area contributed by atoms with Crippen LogP contribution in [0, 0.1) is 0 Å². The highest BCUT2D eigenvalue weighted by molar-refractivity contribution is 5.66. The van der Waals surface area contributed by atoms with Crippen LogP contribution in [0.3, 0.4) is 0 Å². The van der Waals surface area contributed by atoms with E-state index in [0.717, 1.165) is 12.8 Å². The summed E-state index contributed by atoms with van der Waals surface area (Å²) in [6, 6.07) is 0. The smallest absolute Gasteiger partial charge is 0.303 e. The summed E-state index contributed by atoms with van der Waals surface area (Å²) < 4.78 is 0. The molecule has 0 aromatic heterocycles. The standard InChI is InChI=1S/C24H51N.C18H36O2/c1-4-7-8-9-10-11-12-13-14-15-16-17-18-19-20-21-22-23-24-25(5-2)6-3;1-2-3-4-5-6-7-8-9-10-11-12-13-14-15-16-17-18(19)20/h4-24H2,1-3H3;2-17H2,1H3,(H,19,20). The predicted molar refractivity (Wildman–Crippen MR) is 204 cm³/mol. The van der Waals surface area contributed by atoms with Crippen LogP contribution < -0.4 is 0 Å². The normalized spacial score (nSPS) is 11.2. The molecule has 0 saturated carbocycles. The van der Waals surface area contributed by atoms with Crippen LogP contribution in [0.5, 0.6) is 0 Å². The second-order valence-electron chi connectivity index (χ2n) is 14.1. The lowest BCUT2D eigenvalue weighted by Gasteiger charge is -2.17. The average molecular weight is 638 g/mol. The average Bonchev–Trinajstić information content (AvgIpc) is 3.04. The second-order valence-corrected chi connectivity index (χ2v) is 14.1. The summed E-state index contributed by atoms with van der Waals surface area (Å²) in [5.41, 5.74) is 0. The molecule has 0 amide bonds. The Balaban J connectivity index is 0. The third-order valence-electron chi connectivity index (χ3n) is 9.72. The van der Waals surface area contributed by atoms with Gasteiger partial charge in [0.05, 0.1) is 0 Å². The van der Waals surface area contributed by atoms with Crippen molar-refractivity contribution in [2.75, 3.05) is 19.6 Å². The molecule has 0 atom stereocenters. The maximum atomic E-state index is 10.3. The summed E-state index contributed by atoms with van der Waals surface area (Å²) in [5.74, 6) is -0.653. The van der Waals surface area contributed by atoms with Crippen molar-refractivity contribution in [1.29, 1.82) is 0 Å². The van der Waals surface area contributed by atoms with Gasteiger partial charge in [0.15, 0.2) is 0 Å². The van der Waals surface area contributed by atoms with Crippen LogP contribution in [-0.4, -0.2) is 35.6 Å². The Morgan fingerprint density at radius 1 is 0.356 bits per heavy atom. The van der Waals surface area contributed by atoms with E-state index >= 15 is 0 Å². The van der Waals surface area contributed by atoms with Gasteiger partial charge in [-0.25, -0.2) is 0 Å². The lowest BCUT2D eigenvalue weighted by Crippen LogP contribution is -2.23. The van der Waals surface area contributed by atoms with E-state index < -0.39 is 5.97 Å². The topological polar surface area (TPSA) is 40.5 Å². The Labute approximate surface area is 285 Å². The molecule has 0 unspecified atom stereocenters. The van der Waals surface area contributed by atoms with Gasteiger partial charge in [0.25, 0.3) is 0 Å². The molecule has 0 aliphatic heterocycles. The molecule has 0 rings (SSSR count).